The van der Waals surface area contributed by atoms with Crippen molar-refractivity contribution in [1.82, 2.24) is 0 Å². The van der Waals surface area contributed by atoms with Crippen LogP contribution in [0.1, 0.15) is 49.9 Å². The molecule has 11 aromatic carbocycles. The molecule has 2 aliphatic rings. The van der Waals surface area contributed by atoms with E-state index in [4.69, 9.17) is 0 Å². The Kier molecular flexibility index (Phi) is 5.62. The highest BCUT2D eigenvalue weighted by Gasteiger charge is 2.42. The maximum absolute atomic E-state index is 2.55. The van der Waals surface area contributed by atoms with Gasteiger partial charge in [-0.05, 0) is 162 Å². The van der Waals surface area contributed by atoms with Crippen LogP contribution in [0, 0.1) is 0 Å². The third-order valence-corrected chi connectivity index (χ3v) is 14.1. The van der Waals surface area contributed by atoms with Crippen LogP contribution < -0.4 is 0 Å². The fraction of sp³-hybridized carbons (Fsp3) is 0.107. The van der Waals surface area contributed by atoms with Crippen molar-refractivity contribution >= 4 is 64.6 Å². The lowest BCUT2D eigenvalue weighted by Crippen LogP contribution is -2.17. The van der Waals surface area contributed by atoms with Crippen molar-refractivity contribution in [3.63, 3.8) is 0 Å². The van der Waals surface area contributed by atoms with Gasteiger partial charge in [-0.25, -0.2) is 0 Å². The molecule has 13 rings (SSSR count). The summed E-state index contributed by atoms with van der Waals surface area (Å²) in [4.78, 5) is 0. The molecule has 0 heterocycles. The van der Waals surface area contributed by atoms with E-state index >= 15 is 0 Å². The first kappa shape index (κ1) is 30.8. The molecule has 0 spiro atoms. The van der Waals surface area contributed by atoms with Gasteiger partial charge in [0.25, 0.3) is 0 Å². The van der Waals surface area contributed by atoms with Gasteiger partial charge < -0.3 is 0 Å². The van der Waals surface area contributed by atoms with Gasteiger partial charge in [-0.1, -0.05) is 155 Å². The van der Waals surface area contributed by atoms with E-state index in [0.717, 1.165) is 0 Å². The Balaban J connectivity index is 0.945. The molecule has 0 aliphatic heterocycles. The summed E-state index contributed by atoms with van der Waals surface area (Å²) in [6, 6.07) is 60.6. The molecule has 11 aromatic rings. The zero-order valence-corrected chi connectivity index (χ0v) is 32.0. The van der Waals surface area contributed by atoms with Crippen molar-refractivity contribution in [1.29, 1.82) is 0 Å². The molecule has 0 bridgehead atoms. The molecule has 262 valence electrons. The van der Waals surface area contributed by atoms with Crippen LogP contribution in [0.25, 0.3) is 109 Å². The van der Waals surface area contributed by atoms with Gasteiger partial charge in [-0.15, -0.1) is 0 Å². The second-order valence-corrected chi connectivity index (χ2v) is 17.7. The first-order valence-corrected chi connectivity index (χ1v) is 20.1. The summed E-state index contributed by atoms with van der Waals surface area (Å²) in [6.07, 6.45) is 0. The fourth-order valence-corrected chi connectivity index (χ4v) is 11.3. The van der Waals surface area contributed by atoms with Crippen LogP contribution in [-0.2, 0) is 10.8 Å². The van der Waals surface area contributed by atoms with Crippen LogP contribution in [0.5, 0.6) is 0 Å². The third kappa shape index (κ3) is 3.75. The molecular formula is C56H38. The van der Waals surface area contributed by atoms with Crippen LogP contribution in [0.3, 0.4) is 0 Å². The maximum Gasteiger partial charge on any atom is 0.0159 e. The Hall–Kier alpha value is -6.50. The molecule has 56 heavy (non-hydrogen) atoms. The summed E-state index contributed by atoms with van der Waals surface area (Å²) >= 11 is 0. The Morgan fingerprint density at radius 2 is 0.661 bits per heavy atom. The minimum Gasteiger partial charge on any atom is -0.0610 e. The van der Waals surface area contributed by atoms with Crippen LogP contribution in [-0.4, -0.2) is 0 Å². The predicted molar refractivity (Wildman–Crippen MR) is 240 cm³/mol. The van der Waals surface area contributed by atoms with Gasteiger partial charge in [-0.3, -0.25) is 0 Å². The molecule has 0 radical (unpaired) electrons. The Morgan fingerprint density at radius 1 is 0.268 bits per heavy atom. The lowest BCUT2D eigenvalue weighted by Gasteiger charge is -2.24. The highest BCUT2D eigenvalue weighted by atomic mass is 14.4. The number of hydrogen-bond donors (Lipinski definition) is 0. The normalized spacial score (nSPS) is 15.1. The lowest BCUT2D eigenvalue weighted by atomic mass is 9.78. The molecule has 0 saturated heterocycles. The Morgan fingerprint density at radius 3 is 1.25 bits per heavy atom. The van der Waals surface area contributed by atoms with Crippen LogP contribution in [0.15, 0.2) is 158 Å². The molecule has 0 fully saturated rings. The highest BCUT2D eigenvalue weighted by Crippen LogP contribution is 2.57. The van der Waals surface area contributed by atoms with Crippen LogP contribution in [0.2, 0.25) is 0 Å². The van der Waals surface area contributed by atoms with E-state index in [1.54, 1.807) is 0 Å². The van der Waals surface area contributed by atoms with Gasteiger partial charge in [0.1, 0.15) is 0 Å². The van der Waals surface area contributed by atoms with Gasteiger partial charge in [0.15, 0.2) is 0 Å². The second-order valence-electron chi connectivity index (χ2n) is 17.7. The average molecular weight is 711 g/mol. The second kappa shape index (κ2) is 10.2. The topological polar surface area (TPSA) is 0 Å². The van der Waals surface area contributed by atoms with Crippen molar-refractivity contribution in [3.05, 3.63) is 180 Å². The molecule has 0 heteroatoms. The molecule has 0 saturated carbocycles. The van der Waals surface area contributed by atoms with E-state index in [0.29, 0.717) is 0 Å². The van der Waals surface area contributed by atoms with Crippen LogP contribution >= 0.6 is 0 Å². The minimum absolute atomic E-state index is 0.133. The van der Waals surface area contributed by atoms with Gasteiger partial charge in [0, 0.05) is 10.8 Å². The predicted octanol–water partition coefficient (Wildman–Crippen LogP) is 15.4. The fourth-order valence-electron chi connectivity index (χ4n) is 11.3. The van der Waals surface area contributed by atoms with Gasteiger partial charge in [-0.2, -0.15) is 0 Å². The number of hydrogen-bond acceptors (Lipinski definition) is 0. The van der Waals surface area contributed by atoms with E-state index in [1.165, 1.54) is 131 Å². The van der Waals surface area contributed by atoms with Gasteiger partial charge in [0.2, 0.25) is 0 Å². The quantitative estimate of drug-likeness (QED) is 0.157. The van der Waals surface area contributed by atoms with E-state index < -0.39 is 0 Å². The van der Waals surface area contributed by atoms with Crippen molar-refractivity contribution < 1.29 is 0 Å². The molecule has 2 aliphatic carbocycles. The lowest BCUT2D eigenvalue weighted by molar-refractivity contribution is 0.652. The summed E-state index contributed by atoms with van der Waals surface area (Å²) in [5, 5.41) is 16.0. The average Bonchev–Trinajstić information content (AvgIpc) is 3.59. The Labute approximate surface area is 326 Å². The molecule has 0 N–H and O–H groups in total. The van der Waals surface area contributed by atoms with E-state index in [9.17, 15) is 0 Å². The SMILES string of the molecule is CC1(C)c2cc(-c3ccc4ccc5cccc6ccc3c4c56)ccc2-c2cc3c(cc21)-c1ccc(-c2cc4cccc5ccc6cccc2c6c54)cc1C3(C)C. The summed E-state index contributed by atoms with van der Waals surface area (Å²) in [5.74, 6) is 0. The highest BCUT2D eigenvalue weighted by molar-refractivity contribution is 6.27. The van der Waals surface area contributed by atoms with Crippen molar-refractivity contribution in [2.45, 2.75) is 38.5 Å². The van der Waals surface area contributed by atoms with Crippen molar-refractivity contribution in [2.75, 3.05) is 0 Å². The summed E-state index contributed by atoms with van der Waals surface area (Å²) in [7, 11) is 0. The van der Waals surface area contributed by atoms with E-state index in [-0.39, 0.29) is 10.8 Å². The summed E-state index contributed by atoms with van der Waals surface area (Å²) in [6.45, 7) is 9.71. The third-order valence-electron chi connectivity index (χ3n) is 14.1. The largest absolute Gasteiger partial charge is 0.0610 e. The van der Waals surface area contributed by atoms with Gasteiger partial charge >= 0.3 is 0 Å². The Bertz CT molecular complexity index is 3500. The molecule has 0 aromatic heterocycles. The minimum atomic E-state index is -0.135. The van der Waals surface area contributed by atoms with Crippen molar-refractivity contribution in [3.8, 4) is 44.5 Å². The summed E-state index contributed by atoms with van der Waals surface area (Å²) < 4.78 is 0. The number of fused-ring (bicyclic) bond motifs is 6. The zero-order chi connectivity index (χ0) is 37.2. The van der Waals surface area contributed by atoms with E-state index in [1.807, 2.05) is 0 Å². The monoisotopic (exact) mass is 710 g/mol. The van der Waals surface area contributed by atoms with Crippen molar-refractivity contribution in [2.24, 2.45) is 0 Å². The molecular weight excluding hydrogens is 673 g/mol. The number of benzene rings is 11. The number of rotatable bonds is 2. The summed E-state index contributed by atoms with van der Waals surface area (Å²) in [5.41, 5.74) is 16.1. The first-order valence-electron chi connectivity index (χ1n) is 20.1. The molecule has 0 amide bonds. The zero-order valence-electron chi connectivity index (χ0n) is 32.0. The molecule has 0 atom stereocenters. The molecule has 0 unspecified atom stereocenters. The van der Waals surface area contributed by atoms with E-state index in [2.05, 4.69) is 185 Å². The van der Waals surface area contributed by atoms with Crippen LogP contribution in [0.4, 0.5) is 0 Å². The smallest absolute Gasteiger partial charge is 0.0159 e. The molecule has 0 nitrogen and oxygen atoms in total. The first-order chi connectivity index (χ1) is 27.3. The maximum atomic E-state index is 2.55. The standard InChI is InChI=1S/C56H38/c1-55(2)47-27-36(39-22-18-35-17-15-31-8-5-9-33-19-25-43(39)54(35)51(31)33)20-23-40(47)45-29-50-46(30-49(45)55)41-24-21-37(28-48(41)56(50,3)4)44-26-38-12-6-10-32-14-16-34-11-7-13-42(44)53(34)52(32)38/h5-30H,1-4H3. The van der Waals surface area contributed by atoms with Gasteiger partial charge in [0.05, 0.1) is 0 Å².